The van der Waals surface area contributed by atoms with Crippen LogP contribution < -0.4 is 21.4 Å². The molecule has 0 aliphatic carbocycles. The van der Waals surface area contributed by atoms with Crippen LogP contribution in [0.15, 0.2) is 28.7 Å². The molecule has 0 aromatic heterocycles. The number of urea groups is 1. The van der Waals surface area contributed by atoms with Crippen LogP contribution in [-0.4, -0.2) is 69.3 Å². The summed E-state index contributed by atoms with van der Waals surface area (Å²) in [6, 6.07) is 5.12. The summed E-state index contributed by atoms with van der Waals surface area (Å²) >= 11 is 3.28. The van der Waals surface area contributed by atoms with Gasteiger partial charge in [-0.2, -0.15) is 0 Å². The molecule has 1 fully saturated rings. The summed E-state index contributed by atoms with van der Waals surface area (Å²) < 4.78 is 0.826. The van der Waals surface area contributed by atoms with Crippen molar-refractivity contribution in [3.63, 3.8) is 0 Å². The van der Waals surface area contributed by atoms with Crippen LogP contribution in [0.1, 0.15) is 20.3 Å². The lowest BCUT2D eigenvalue weighted by molar-refractivity contribution is -0.142. The molecule has 1 saturated heterocycles. The number of rotatable bonds is 8. The molecule has 0 bridgehead atoms. The van der Waals surface area contributed by atoms with Gasteiger partial charge in [0.25, 0.3) is 5.91 Å². The van der Waals surface area contributed by atoms with E-state index in [0.717, 1.165) is 9.48 Å². The number of anilines is 1. The van der Waals surface area contributed by atoms with Gasteiger partial charge in [-0.3, -0.25) is 14.9 Å². The highest BCUT2D eigenvalue weighted by Crippen LogP contribution is 2.30. The smallest absolute Gasteiger partial charge is 0.338 e. The average molecular weight is 488 g/mol. The van der Waals surface area contributed by atoms with E-state index in [0.29, 0.717) is 5.69 Å². The van der Waals surface area contributed by atoms with Crippen LogP contribution in [0.4, 0.5) is 10.5 Å². The quantitative estimate of drug-likeness (QED) is 0.258. The van der Waals surface area contributed by atoms with Crippen molar-refractivity contribution in [2.75, 3.05) is 18.5 Å². The summed E-state index contributed by atoms with van der Waals surface area (Å²) in [5.74, 6) is -1.74. The first-order valence-corrected chi connectivity index (χ1v) is 10.1. The topological polar surface area (TPSA) is 163 Å². The zero-order valence-electron chi connectivity index (χ0n) is 16.6. The van der Waals surface area contributed by atoms with E-state index < -0.39 is 54.9 Å². The molecule has 2 rings (SSSR count). The Kier molecular flexibility index (Phi) is 8.15. The summed E-state index contributed by atoms with van der Waals surface area (Å²) in [7, 11) is 0. The van der Waals surface area contributed by atoms with E-state index in [4.69, 9.17) is 10.2 Å². The molecule has 0 spiro atoms. The Morgan fingerprint density at radius 2 is 1.83 bits per heavy atom. The number of carbonyl (C=O) groups excluding carboxylic acids is 3. The first-order valence-electron chi connectivity index (χ1n) is 9.26. The largest absolute Gasteiger partial charge is 0.394 e. The number of benzene rings is 1. The average Bonchev–Trinajstić information content (AvgIpc) is 2.93. The van der Waals surface area contributed by atoms with Crippen molar-refractivity contribution < 1.29 is 29.7 Å². The molecule has 1 aromatic rings. The monoisotopic (exact) mass is 487 g/mol. The highest BCUT2D eigenvalue weighted by molar-refractivity contribution is 9.10. The lowest BCUT2D eigenvalue weighted by Crippen LogP contribution is -2.56. The fourth-order valence-electron chi connectivity index (χ4n) is 3.02. The van der Waals surface area contributed by atoms with Crippen LogP contribution in [-0.2, 0) is 9.59 Å². The Morgan fingerprint density at radius 1 is 1.23 bits per heavy atom. The predicted octanol–water partition coefficient (Wildman–Crippen LogP) is -0.552. The Hall–Kier alpha value is -2.25. The predicted molar refractivity (Wildman–Crippen MR) is 111 cm³/mol. The lowest BCUT2D eigenvalue weighted by Gasteiger charge is -2.31. The number of hydrogen-bond donors (Lipinski definition) is 7. The van der Waals surface area contributed by atoms with E-state index in [1.807, 2.05) is 0 Å². The number of hydrazine groups is 1. The second-order valence-corrected chi connectivity index (χ2v) is 8.11. The van der Waals surface area contributed by atoms with Gasteiger partial charge in [-0.1, -0.05) is 29.8 Å². The lowest BCUT2D eigenvalue weighted by atomic mass is 9.83. The van der Waals surface area contributed by atoms with Gasteiger partial charge in [-0.05, 0) is 30.2 Å². The molecular weight excluding hydrogens is 462 g/mol. The number of aliphatic hydroxyl groups excluding tert-OH is 3. The van der Waals surface area contributed by atoms with E-state index in [1.54, 1.807) is 38.1 Å². The molecule has 0 radical (unpaired) electrons. The van der Waals surface area contributed by atoms with Crippen molar-refractivity contribution in [2.45, 2.75) is 38.2 Å². The van der Waals surface area contributed by atoms with Crippen molar-refractivity contribution in [3.05, 3.63) is 28.7 Å². The van der Waals surface area contributed by atoms with E-state index in [-0.39, 0.29) is 6.42 Å². The standard InChI is InChI=1S/C18H26BrN5O6/c1-10(2)18(7-14(27)20-13(8-25)9-26)15(28)24(17(30)22-18)23-16(29)21-12-5-3-11(19)4-6-12/h3-6,10,13,17,22,25-26,30H,7-9H2,1-2H3,(H,20,27)(H2,21,23,29). The highest BCUT2D eigenvalue weighted by Gasteiger charge is 2.54. The van der Waals surface area contributed by atoms with Gasteiger partial charge in [-0.25, -0.2) is 15.2 Å². The SMILES string of the molecule is CC(C)C1(CC(=O)NC(CO)CO)NC(O)N(NC(=O)Nc2ccc(Br)cc2)C1=O. The third-order valence-electron chi connectivity index (χ3n) is 4.79. The molecule has 30 heavy (non-hydrogen) atoms. The minimum absolute atomic E-state index is 0.371. The Labute approximate surface area is 181 Å². The number of aliphatic hydroxyl groups is 3. The second-order valence-electron chi connectivity index (χ2n) is 7.20. The van der Waals surface area contributed by atoms with Gasteiger partial charge in [0, 0.05) is 10.2 Å². The van der Waals surface area contributed by atoms with Gasteiger partial charge in [0.1, 0.15) is 5.54 Å². The van der Waals surface area contributed by atoms with Gasteiger partial charge in [0.2, 0.25) is 12.3 Å². The maximum Gasteiger partial charge on any atom is 0.338 e. The fourth-order valence-corrected chi connectivity index (χ4v) is 3.29. The van der Waals surface area contributed by atoms with Crippen molar-refractivity contribution in [2.24, 2.45) is 5.92 Å². The van der Waals surface area contributed by atoms with Crippen molar-refractivity contribution >= 4 is 39.5 Å². The van der Waals surface area contributed by atoms with Crippen LogP contribution >= 0.6 is 15.9 Å². The first kappa shape index (κ1) is 24.0. The molecule has 1 aliphatic heterocycles. The summed E-state index contributed by atoms with van der Waals surface area (Å²) in [4.78, 5) is 37.7. The van der Waals surface area contributed by atoms with Crippen LogP contribution in [0.5, 0.6) is 0 Å². The number of nitrogens with zero attached hydrogens (tertiary/aromatic N) is 1. The molecule has 1 heterocycles. The third kappa shape index (κ3) is 5.46. The zero-order chi connectivity index (χ0) is 22.5. The molecule has 1 aromatic carbocycles. The third-order valence-corrected chi connectivity index (χ3v) is 5.32. The summed E-state index contributed by atoms with van der Waals surface area (Å²) in [6.07, 6.45) is -1.93. The molecule has 0 saturated carbocycles. The number of amides is 4. The normalized spacial score (nSPS) is 21.3. The van der Waals surface area contributed by atoms with Crippen LogP contribution in [0.3, 0.4) is 0 Å². The number of halogens is 1. The minimum Gasteiger partial charge on any atom is -0.394 e. The number of nitrogens with one attached hydrogen (secondary N) is 4. The van der Waals surface area contributed by atoms with E-state index in [1.165, 1.54) is 0 Å². The number of hydrogen-bond acceptors (Lipinski definition) is 7. The highest BCUT2D eigenvalue weighted by atomic mass is 79.9. The van der Waals surface area contributed by atoms with Gasteiger partial charge in [0.05, 0.1) is 25.7 Å². The molecule has 166 valence electrons. The van der Waals surface area contributed by atoms with E-state index in [2.05, 4.69) is 37.3 Å². The maximum atomic E-state index is 13.0. The maximum absolute atomic E-state index is 13.0. The molecule has 7 N–H and O–H groups in total. The van der Waals surface area contributed by atoms with Crippen LogP contribution in [0.25, 0.3) is 0 Å². The molecule has 1 aliphatic rings. The van der Waals surface area contributed by atoms with Gasteiger partial charge < -0.3 is 26.0 Å². The Morgan fingerprint density at radius 3 is 2.37 bits per heavy atom. The molecule has 2 atom stereocenters. The van der Waals surface area contributed by atoms with Crippen molar-refractivity contribution in [3.8, 4) is 0 Å². The second kappa shape index (κ2) is 10.2. The van der Waals surface area contributed by atoms with Gasteiger partial charge in [-0.15, -0.1) is 0 Å². The molecule has 11 nitrogen and oxygen atoms in total. The van der Waals surface area contributed by atoms with Crippen molar-refractivity contribution in [1.82, 2.24) is 21.1 Å². The Bertz CT molecular complexity index is 773. The van der Waals surface area contributed by atoms with Crippen LogP contribution in [0.2, 0.25) is 0 Å². The number of carbonyl (C=O) groups is 3. The van der Waals surface area contributed by atoms with Gasteiger partial charge >= 0.3 is 6.03 Å². The zero-order valence-corrected chi connectivity index (χ0v) is 18.1. The minimum atomic E-state index is -1.56. The molecule has 12 heteroatoms. The van der Waals surface area contributed by atoms with Crippen LogP contribution in [0, 0.1) is 5.92 Å². The van der Waals surface area contributed by atoms with Gasteiger partial charge in [0.15, 0.2) is 0 Å². The summed E-state index contributed by atoms with van der Waals surface area (Å²) in [5.41, 5.74) is 1.26. The molecule has 2 unspecified atom stereocenters. The van der Waals surface area contributed by atoms with E-state index in [9.17, 15) is 19.5 Å². The van der Waals surface area contributed by atoms with E-state index >= 15 is 0 Å². The Balaban J connectivity index is 2.10. The summed E-state index contributed by atoms with van der Waals surface area (Å²) in [6.45, 7) is 2.44. The molecule has 4 amide bonds. The first-order chi connectivity index (χ1) is 14.1. The molecular formula is C18H26BrN5O6. The summed E-state index contributed by atoms with van der Waals surface area (Å²) in [5, 5.41) is 36.9. The van der Waals surface area contributed by atoms with Crippen molar-refractivity contribution in [1.29, 1.82) is 0 Å². The fraction of sp³-hybridized carbons (Fsp3) is 0.500.